The maximum Gasteiger partial charge on any atom is 0.221 e. The number of benzene rings is 1. The van der Waals surface area contributed by atoms with Crippen LogP contribution >= 0.6 is 0 Å². The third-order valence-electron chi connectivity index (χ3n) is 4.08. The largest absolute Gasteiger partial charge is 0.359 e. The molecule has 0 atom stereocenters. The molecule has 3 heterocycles. The number of pyridine rings is 1. The molecule has 0 aliphatic heterocycles. The molecule has 0 aliphatic rings. The van der Waals surface area contributed by atoms with Gasteiger partial charge in [-0.3, -0.25) is 4.98 Å². The molecule has 0 saturated heterocycles. The summed E-state index contributed by atoms with van der Waals surface area (Å²) >= 11 is 0. The summed E-state index contributed by atoms with van der Waals surface area (Å²) in [6, 6.07) is 10.2. The van der Waals surface area contributed by atoms with Crippen molar-refractivity contribution in [2.45, 2.75) is 13.5 Å². The molecule has 24 heavy (non-hydrogen) atoms. The number of fused-ring (bicyclic) bond motifs is 2. The highest BCUT2D eigenvalue weighted by molar-refractivity contribution is 5.79. The highest BCUT2D eigenvalue weighted by Crippen LogP contribution is 2.17. The molecular weight excluding hydrogens is 302 g/mol. The van der Waals surface area contributed by atoms with Crippen molar-refractivity contribution < 1.29 is 0 Å². The van der Waals surface area contributed by atoms with E-state index in [2.05, 4.69) is 50.4 Å². The van der Waals surface area contributed by atoms with E-state index in [1.54, 1.807) is 17.1 Å². The summed E-state index contributed by atoms with van der Waals surface area (Å²) in [5, 5.41) is 9.42. The Morgan fingerprint density at radius 1 is 1.17 bits per heavy atom. The van der Waals surface area contributed by atoms with Gasteiger partial charge in [-0.05, 0) is 30.7 Å². The van der Waals surface area contributed by atoms with Crippen LogP contribution in [0.3, 0.4) is 0 Å². The monoisotopic (exact) mass is 319 g/mol. The lowest BCUT2D eigenvalue weighted by molar-refractivity contribution is 0.664. The van der Waals surface area contributed by atoms with Crippen LogP contribution in [0.1, 0.15) is 12.5 Å². The van der Waals surface area contributed by atoms with Crippen LogP contribution in [0.15, 0.2) is 42.7 Å². The van der Waals surface area contributed by atoms with Crippen LogP contribution in [0.5, 0.6) is 0 Å². The molecule has 4 rings (SSSR count). The summed E-state index contributed by atoms with van der Waals surface area (Å²) in [5.74, 6) is 0.816. The predicted octanol–water partition coefficient (Wildman–Crippen LogP) is 2.27. The third-order valence-corrected chi connectivity index (χ3v) is 4.08. The normalized spacial score (nSPS) is 11.2. The molecule has 1 aromatic carbocycles. The average Bonchev–Trinajstić information content (AvgIpc) is 3.03. The van der Waals surface area contributed by atoms with E-state index in [4.69, 9.17) is 0 Å². The predicted molar refractivity (Wildman–Crippen MR) is 92.9 cm³/mol. The van der Waals surface area contributed by atoms with Crippen molar-refractivity contribution in [3.05, 3.63) is 48.3 Å². The summed E-state index contributed by atoms with van der Waals surface area (Å²) in [4.78, 5) is 15.4. The van der Waals surface area contributed by atoms with Crippen molar-refractivity contribution in [1.29, 1.82) is 0 Å². The minimum absolute atomic E-state index is 0.561. The van der Waals surface area contributed by atoms with E-state index in [9.17, 15) is 0 Å². The summed E-state index contributed by atoms with van der Waals surface area (Å²) in [6.45, 7) is 3.53. The van der Waals surface area contributed by atoms with Gasteiger partial charge in [-0.25, -0.2) is 14.6 Å². The number of hydrogen-bond donors (Lipinski definition) is 0. The van der Waals surface area contributed by atoms with Gasteiger partial charge >= 0.3 is 0 Å². The van der Waals surface area contributed by atoms with Gasteiger partial charge in [-0.15, -0.1) is 5.10 Å². The van der Waals surface area contributed by atoms with Gasteiger partial charge in [0.15, 0.2) is 5.65 Å². The first-order valence-corrected chi connectivity index (χ1v) is 7.85. The second-order valence-electron chi connectivity index (χ2n) is 5.67. The second-order valence-corrected chi connectivity index (χ2v) is 5.67. The molecule has 0 saturated carbocycles. The Morgan fingerprint density at radius 3 is 2.96 bits per heavy atom. The van der Waals surface area contributed by atoms with Crippen LogP contribution in [0.4, 0.5) is 5.82 Å². The van der Waals surface area contributed by atoms with Crippen molar-refractivity contribution >= 4 is 28.0 Å². The molecule has 0 radical (unpaired) electrons. The number of aromatic nitrogens is 6. The number of rotatable bonds is 4. The van der Waals surface area contributed by atoms with Gasteiger partial charge in [0.05, 0.1) is 18.3 Å². The molecule has 4 aromatic rings. The van der Waals surface area contributed by atoms with Crippen molar-refractivity contribution in [1.82, 2.24) is 29.9 Å². The van der Waals surface area contributed by atoms with Crippen LogP contribution in [0.25, 0.3) is 22.2 Å². The fourth-order valence-corrected chi connectivity index (χ4v) is 2.60. The van der Waals surface area contributed by atoms with Crippen molar-refractivity contribution in [3.8, 4) is 0 Å². The summed E-state index contributed by atoms with van der Waals surface area (Å²) in [5.41, 5.74) is 3.36. The molecule has 0 amide bonds. The molecule has 0 bridgehead atoms. The van der Waals surface area contributed by atoms with Gasteiger partial charge in [0.1, 0.15) is 5.82 Å². The Kier molecular flexibility index (Phi) is 3.53. The lowest BCUT2D eigenvalue weighted by atomic mass is 10.1. The van der Waals surface area contributed by atoms with E-state index in [1.807, 2.05) is 24.1 Å². The summed E-state index contributed by atoms with van der Waals surface area (Å²) < 4.78 is 1.78. The molecule has 7 nitrogen and oxygen atoms in total. The Bertz CT molecular complexity index is 1010. The number of anilines is 1. The fraction of sp³-hybridized carbons (Fsp3) is 0.235. The average molecular weight is 319 g/mol. The molecule has 120 valence electrons. The van der Waals surface area contributed by atoms with Gasteiger partial charge in [0, 0.05) is 25.2 Å². The molecule has 3 aromatic heterocycles. The van der Waals surface area contributed by atoms with E-state index >= 15 is 0 Å². The minimum Gasteiger partial charge on any atom is -0.359 e. The quantitative estimate of drug-likeness (QED) is 0.574. The Morgan fingerprint density at radius 2 is 2.08 bits per heavy atom. The van der Waals surface area contributed by atoms with E-state index in [-0.39, 0.29) is 0 Å². The first-order valence-electron chi connectivity index (χ1n) is 7.85. The standard InChI is InChI=1S/C17H17N7/c1-3-23(2)15-10-19-16-17(20-15)24(22-21-16)11-12-6-7-14-13(9-12)5-4-8-18-14/h4-10H,3,11H2,1-2H3. The first-order chi connectivity index (χ1) is 11.7. The lowest BCUT2D eigenvalue weighted by Gasteiger charge is -2.14. The fourth-order valence-electron chi connectivity index (χ4n) is 2.60. The second kappa shape index (κ2) is 5.84. The SMILES string of the molecule is CCN(C)c1cnc2nnn(Cc3ccc4ncccc4c3)c2n1. The Hall–Kier alpha value is -3.09. The van der Waals surface area contributed by atoms with Crippen LogP contribution in [0, 0.1) is 0 Å². The molecule has 0 unspecified atom stereocenters. The molecular formula is C17H17N7. The van der Waals surface area contributed by atoms with Crippen LogP contribution in [-0.2, 0) is 6.54 Å². The molecule has 7 heteroatoms. The van der Waals surface area contributed by atoms with Gasteiger partial charge in [0.25, 0.3) is 0 Å². The Labute approximate surface area is 139 Å². The number of nitrogens with zero attached hydrogens (tertiary/aromatic N) is 7. The van der Waals surface area contributed by atoms with Crippen molar-refractivity contribution in [3.63, 3.8) is 0 Å². The topological polar surface area (TPSA) is 72.6 Å². The Balaban J connectivity index is 1.72. The molecule has 0 N–H and O–H groups in total. The van der Waals surface area contributed by atoms with Gasteiger partial charge in [-0.2, -0.15) is 0 Å². The van der Waals surface area contributed by atoms with Crippen LogP contribution in [-0.4, -0.2) is 43.5 Å². The van der Waals surface area contributed by atoms with Crippen molar-refractivity contribution in [2.24, 2.45) is 0 Å². The number of hydrogen-bond acceptors (Lipinski definition) is 6. The zero-order valence-electron chi connectivity index (χ0n) is 13.6. The first kappa shape index (κ1) is 14.5. The summed E-state index contributed by atoms with van der Waals surface area (Å²) in [7, 11) is 1.99. The highest BCUT2D eigenvalue weighted by Gasteiger charge is 2.11. The smallest absolute Gasteiger partial charge is 0.221 e. The maximum absolute atomic E-state index is 4.65. The minimum atomic E-state index is 0.561. The molecule has 0 fully saturated rings. The zero-order chi connectivity index (χ0) is 16.5. The summed E-state index contributed by atoms with van der Waals surface area (Å²) in [6.07, 6.45) is 3.53. The van der Waals surface area contributed by atoms with Gasteiger partial charge in [-0.1, -0.05) is 17.3 Å². The van der Waals surface area contributed by atoms with Gasteiger partial charge < -0.3 is 4.90 Å². The van der Waals surface area contributed by atoms with E-state index in [1.165, 1.54) is 0 Å². The van der Waals surface area contributed by atoms with E-state index in [0.29, 0.717) is 17.8 Å². The van der Waals surface area contributed by atoms with Crippen molar-refractivity contribution in [2.75, 3.05) is 18.5 Å². The third kappa shape index (κ3) is 2.54. The highest BCUT2D eigenvalue weighted by atomic mass is 15.5. The van der Waals surface area contributed by atoms with Gasteiger partial charge in [0.2, 0.25) is 5.65 Å². The molecule has 0 spiro atoms. The van der Waals surface area contributed by atoms with Crippen LogP contribution in [0.2, 0.25) is 0 Å². The molecule has 0 aliphatic carbocycles. The lowest BCUT2D eigenvalue weighted by Crippen LogP contribution is -2.17. The van der Waals surface area contributed by atoms with E-state index in [0.717, 1.165) is 28.8 Å². The zero-order valence-corrected chi connectivity index (χ0v) is 13.6. The van der Waals surface area contributed by atoms with E-state index < -0.39 is 0 Å². The van der Waals surface area contributed by atoms with Crippen LogP contribution < -0.4 is 4.90 Å². The maximum atomic E-state index is 4.65.